The van der Waals surface area contributed by atoms with Gasteiger partial charge < -0.3 is 20.4 Å². The summed E-state index contributed by atoms with van der Waals surface area (Å²) in [5.74, 6) is -0.312. The molecule has 6 heteroatoms. The van der Waals surface area contributed by atoms with Gasteiger partial charge in [0.15, 0.2) is 5.78 Å². The molecule has 0 aliphatic rings. The van der Waals surface area contributed by atoms with Gasteiger partial charge in [-0.25, -0.2) is 0 Å². The fourth-order valence-electron chi connectivity index (χ4n) is 0.790. The van der Waals surface area contributed by atoms with Crippen LogP contribution in [-0.4, -0.2) is 52.1 Å². The average molecular weight is 290 g/mol. The fraction of sp³-hybridized carbons (Fsp3) is 0.462. The molecule has 1 aromatic carbocycles. The molecule has 1 rings (SSSR count). The van der Waals surface area contributed by atoms with Gasteiger partial charge in [-0.1, -0.05) is 37.3 Å². The predicted octanol–water partition coefficient (Wildman–Crippen LogP) is -0.523. The average Bonchev–Trinajstić information content (AvgIpc) is 2.47. The van der Waals surface area contributed by atoms with Crippen LogP contribution in [0.4, 0.5) is 0 Å². The molecule has 0 bridgehead atoms. The van der Waals surface area contributed by atoms with Gasteiger partial charge in [-0.05, 0) is 5.30 Å². The lowest BCUT2D eigenvalue weighted by molar-refractivity contribution is -0.128. The van der Waals surface area contributed by atoms with Crippen LogP contribution in [0.1, 0.15) is 13.3 Å². The van der Waals surface area contributed by atoms with E-state index in [-0.39, 0.29) is 25.4 Å². The summed E-state index contributed by atoms with van der Waals surface area (Å²) in [6.07, 6.45) is -0.887. The number of hydrogen-bond acceptors (Lipinski definition) is 5. The fourth-order valence-corrected chi connectivity index (χ4v) is 1.01. The summed E-state index contributed by atoms with van der Waals surface area (Å²) in [7, 11) is 2.63. The first-order valence-corrected chi connectivity index (χ1v) is 6.45. The third kappa shape index (κ3) is 15.1. The smallest absolute Gasteiger partial charge is 0.163 e. The molecule has 2 unspecified atom stereocenters. The van der Waals surface area contributed by atoms with E-state index in [0.29, 0.717) is 0 Å². The van der Waals surface area contributed by atoms with Crippen molar-refractivity contribution in [3.05, 3.63) is 30.3 Å². The maximum absolute atomic E-state index is 10.3. The number of benzene rings is 1. The SMILES string of the molecule is CCC(=O)C(O)CO.OCCO.Pc1ccccc1. The zero-order chi connectivity index (χ0) is 15.1. The van der Waals surface area contributed by atoms with Crippen molar-refractivity contribution in [1.29, 1.82) is 0 Å². The molecule has 0 aliphatic heterocycles. The van der Waals surface area contributed by atoms with E-state index >= 15 is 0 Å². The third-order valence-electron chi connectivity index (χ3n) is 1.79. The van der Waals surface area contributed by atoms with Crippen LogP contribution in [0.5, 0.6) is 0 Å². The van der Waals surface area contributed by atoms with Crippen molar-refractivity contribution >= 4 is 20.3 Å². The molecule has 1 aromatic rings. The number of aliphatic hydroxyl groups excluding tert-OH is 4. The van der Waals surface area contributed by atoms with E-state index in [1.807, 2.05) is 30.3 Å². The van der Waals surface area contributed by atoms with Crippen molar-refractivity contribution in [3.8, 4) is 0 Å². The Kier molecular flexibility index (Phi) is 16.4. The Labute approximate surface area is 116 Å². The van der Waals surface area contributed by atoms with Crippen LogP contribution in [0, 0.1) is 0 Å². The molecule has 0 saturated carbocycles. The monoisotopic (exact) mass is 290 g/mol. The molecule has 5 nitrogen and oxygen atoms in total. The van der Waals surface area contributed by atoms with Gasteiger partial charge in [0.1, 0.15) is 6.10 Å². The number of carbonyl (C=O) groups excluding carboxylic acids is 1. The Morgan fingerprint density at radius 1 is 1.16 bits per heavy atom. The van der Waals surface area contributed by atoms with E-state index in [1.54, 1.807) is 6.92 Å². The summed E-state index contributed by atoms with van der Waals surface area (Å²) < 4.78 is 0. The summed E-state index contributed by atoms with van der Waals surface area (Å²) >= 11 is 0. The Bertz CT molecular complexity index is 303. The number of carbonyl (C=O) groups is 1. The van der Waals surface area contributed by atoms with Gasteiger partial charge in [0.05, 0.1) is 19.8 Å². The number of aliphatic hydroxyl groups is 4. The van der Waals surface area contributed by atoms with E-state index in [9.17, 15) is 4.79 Å². The van der Waals surface area contributed by atoms with E-state index in [2.05, 4.69) is 9.24 Å². The minimum absolute atomic E-state index is 0.125. The first kappa shape index (κ1) is 20.5. The topological polar surface area (TPSA) is 98.0 Å². The normalized spacial score (nSPS) is 10.4. The second-order valence-corrected chi connectivity index (χ2v) is 4.04. The van der Waals surface area contributed by atoms with Gasteiger partial charge in [-0.2, -0.15) is 0 Å². The van der Waals surface area contributed by atoms with Gasteiger partial charge in [0.25, 0.3) is 0 Å². The lowest BCUT2D eigenvalue weighted by atomic mass is 10.2. The molecule has 0 amide bonds. The molecule has 19 heavy (non-hydrogen) atoms. The highest BCUT2D eigenvalue weighted by molar-refractivity contribution is 7.27. The van der Waals surface area contributed by atoms with Crippen molar-refractivity contribution in [2.75, 3.05) is 19.8 Å². The van der Waals surface area contributed by atoms with Crippen molar-refractivity contribution in [2.45, 2.75) is 19.4 Å². The maximum Gasteiger partial charge on any atom is 0.163 e. The largest absolute Gasteiger partial charge is 0.394 e. The van der Waals surface area contributed by atoms with Crippen molar-refractivity contribution in [1.82, 2.24) is 0 Å². The third-order valence-corrected chi connectivity index (χ3v) is 2.18. The molecule has 0 aliphatic carbocycles. The number of rotatable bonds is 4. The Balaban J connectivity index is 0. The van der Waals surface area contributed by atoms with Gasteiger partial charge in [0.2, 0.25) is 0 Å². The summed E-state index contributed by atoms with van der Waals surface area (Å²) in [4.78, 5) is 10.3. The molecule has 110 valence electrons. The summed E-state index contributed by atoms with van der Waals surface area (Å²) in [5, 5.41) is 33.2. The molecule has 0 heterocycles. The van der Waals surface area contributed by atoms with Gasteiger partial charge in [-0.3, -0.25) is 4.79 Å². The van der Waals surface area contributed by atoms with Crippen LogP contribution < -0.4 is 5.30 Å². The Hall–Kier alpha value is -0.840. The maximum atomic E-state index is 10.3. The molecule has 0 aromatic heterocycles. The van der Waals surface area contributed by atoms with Crippen LogP contribution in [-0.2, 0) is 4.79 Å². The molecule has 2 atom stereocenters. The molecule has 0 spiro atoms. The summed E-state index contributed by atoms with van der Waals surface area (Å²) in [5.41, 5.74) is 0. The summed E-state index contributed by atoms with van der Waals surface area (Å²) in [6, 6.07) is 10.1. The standard InChI is InChI=1S/C6H7P.C5H10O3.C2H6O2/c7-6-4-2-1-3-5-6;1-2-4(7)5(8)3-6;3-1-2-4/h1-5H,7H2;5-6,8H,2-3H2,1H3;3-4H,1-2H2. The van der Waals surface area contributed by atoms with Crippen LogP contribution in [0.15, 0.2) is 30.3 Å². The lowest BCUT2D eigenvalue weighted by Gasteiger charge is -2.00. The van der Waals surface area contributed by atoms with E-state index in [0.717, 1.165) is 0 Å². The number of ketones is 1. The van der Waals surface area contributed by atoms with Gasteiger partial charge >= 0.3 is 0 Å². The van der Waals surface area contributed by atoms with Crippen molar-refractivity contribution < 1.29 is 25.2 Å². The van der Waals surface area contributed by atoms with E-state index in [4.69, 9.17) is 20.4 Å². The number of Topliss-reactive ketones (excluding diaryl/α,β-unsaturated/α-hetero) is 1. The summed E-state index contributed by atoms with van der Waals surface area (Å²) in [6.45, 7) is 0.924. The van der Waals surface area contributed by atoms with Crippen molar-refractivity contribution in [2.24, 2.45) is 0 Å². The molecular weight excluding hydrogens is 267 g/mol. The first-order chi connectivity index (χ1) is 9.03. The van der Waals surface area contributed by atoms with Crippen LogP contribution in [0.25, 0.3) is 0 Å². The predicted molar refractivity (Wildman–Crippen MR) is 78.3 cm³/mol. The van der Waals surface area contributed by atoms with Crippen LogP contribution in [0.3, 0.4) is 0 Å². The van der Waals surface area contributed by atoms with Gasteiger partial charge in [0, 0.05) is 6.42 Å². The zero-order valence-corrected chi connectivity index (χ0v) is 12.2. The second-order valence-electron chi connectivity index (χ2n) is 3.38. The van der Waals surface area contributed by atoms with E-state index in [1.165, 1.54) is 5.30 Å². The van der Waals surface area contributed by atoms with Gasteiger partial charge in [-0.15, -0.1) is 9.24 Å². The van der Waals surface area contributed by atoms with Crippen molar-refractivity contribution in [3.63, 3.8) is 0 Å². The highest BCUT2D eigenvalue weighted by Gasteiger charge is 2.09. The minimum Gasteiger partial charge on any atom is -0.394 e. The van der Waals surface area contributed by atoms with Crippen LogP contribution in [0.2, 0.25) is 0 Å². The first-order valence-electron chi connectivity index (χ1n) is 5.87. The molecule has 0 saturated heterocycles. The second kappa shape index (κ2) is 15.2. The lowest BCUT2D eigenvalue weighted by Crippen LogP contribution is -2.22. The molecule has 0 fully saturated rings. The Morgan fingerprint density at radius 2 is 1.63 bits per heavy atom. The zero-order valence-electron chi connectivity index (χ0n) is 11.1. The molecular formula is C13H23O5P. The minimum atomic E-state index is -1.17. The molecule has 4 N–H and O–H groups in total. The quantitative estimate of drug-likeness (QED) is 0.559. The molecule has 0 radical (unpaired) electrons. The van der Waals surface area contributed by atoms with E-state index < -0.39 is 12.7 Å². The Morgan fingerprint density at radius 3 is 1.79 bits per heavy atom. The highest BCUT2D eigenvalue weighted by atomic mass is 31.0. The number of hydrogen-bond donors (Lipinski definition) is 4. The highest BCUT2D eigenvalue weighted by Crippen LogP contribution is 1.87. The van der Waals surface area contributed by atoms with Crippen LogP contribution >= 0.6 is 9.24 Å².